The van der Waals surface area contributed by atoms with Gasteiger partial charge in [0.1, 0.15) is 11.6 Å². The van der Waals surface area contributed by atoms with Crippen LogP contribution in [0.4, 0.5) is 8.78 Å². The van der Waals surface area contributed by atoms with E-state index in [4.69, 9.17) is 5.11 Å². The monoisotopic (exact) mass is 590 g/mol. The van der Waals surface area contributed by atoms with Crippen molar-refractivity contribution in [3.8, 4) is 22.5 Å². The molecule has 2 heterocycles. The Morgan fingerprint density at radius 3 is 1.93 bits per heavy atom. The van der Waals surface area contributed by atoms with Gasteiger partial charge in [0.05, 0.1) is 23.2 Å². The van der Waals surface area contributed by atoms with E-state index in [1.54, 1.807) is 0 Å². The molecular weight excluding hydrogens is 579 g/mol. The predicted molar refractivity (Wildman–Crippen MR) is 97.0 cm³/mol. The van der Waals surface area contributed by atoms with Crippen LogP contribution in [-0.4, -0.2) is 32.9 Å². The SMILES string of the molecule is CC(=O)[N-]C(=O)c1cccc(-c2[c-]c(-c3cccc(C(=O)O)n3)c(F)cc2F)n1.[Pt+2]. The fourth-order valence-electron chi connectivity index (χ4n) is 2.46. The zero-order valence-corrected chi connectivity index (χ0v) is 17.4. The van der Waals surface area contributed by atoms with E-state index in [-0.39, 0.29) is 55.0 Å². The van der Waals surface area contributed by atoms with E-state index in [9.17, 15) is 23.2 Å². The molecule has 0 fully saturated rings. The Hall–Kier alpha value is -3.32. The molecule has 3 aromatic rings. The Bertz CT molecular complexity index is 1150. The minimum absolute atomic E-state index is 0. The Kier molecular flexibility index (Phi) is 7.23. The van der Waals surface area contributed by atoms with Crippen LogP contribution in [0.15, 0.2) is 42.5 Å². The van der Waals surface area contributed by atoms with Crippen molar-refractivity contribution in [3.05, 3.63) is 76.9 Å². The summed E-state index contributed by atoms with van der Waals surface area (Å²) in [5, 5.41) is 12.3. The standard InChI is InChI=1S/C20H12F2N3O4.Pt/c1-10(26)23-19(27)17-6-2-4-15(24-17)11-8-12(14(22)9-13(11)21)16-5-3-7-18(25-16)20(28)29;/h2-7,9H,1H3,(H2,23,26,27,28,29);/q-1;+2/p-1. The van der Waals surface area contributed by atoms with Crippen LogP contribution < -0.4 is 0 Å². The number of aromatic carboxylic acids is 1. The van der Waals surface area contributed by atoms with E-state index in [2.05, 4.69) is 21.4 Å². The number of halogens is 2. The minimum Gasteiger partial charge on any atom is -0.591 e. The van der Waals surface area contributed by atoms with E-state index in [0.717, 1.165) is 6.92 Å². The van der Waals surface area contributed by atoms with Crippen LogP contribution in [0.5, 0.6) is 0 Å². The number of hydrogen-bond donors (Lipinski definition) is 1. The van der Waals surface area contributed by atoms with Crippen LogP contribution in [0.25, 0.3) is 27.8 Å². The largest absolute Gasteiger partial charge is 2.00 e. The maximum Gasteiger partial charge on any atom is 2.00 e. The number of carbonyl (C=O) groups is 3. The molecule has 3 rings (SSSR count). The van der Waals surface area contributed by atoms with Gasteiger partial charge in [0.25, 0.3) is 0 Å². The maximum atomic E-state index is 14.4. The van der Waals surface area contributed by atoms with Crippen LogP contribution in [0.1, 0.15) is 27.9 Å². The number of amides is 2. The van der Waals surface area contributed by atoms with Gasteiger partial charge in [-0.1, -0.05) is 41.5 Å². The Morgan fingerprint density at radius 1 is 0.933 bits per heavy atom. The molecule has 30 heavy (non-hydrogen) atoms. The molecule has 0 bridgehead atoms. The van der Waals surface area contributed by atoms with Crippen LogP contribution in [0.3, 0.4) is 0 Å². The molecule has 0 aliphatic carbocycles. The van der Waals surface area contributed by atoms with Crippen molar-refractivity contribution in [1.82, 2.24) is 9.97 Å². The number of carboxylic acids is 1. The predicted octanol–water partition coefficient (Wildman–Crippen LogP) is 3.65. The summed E-state index contributed by atoms with van der Waals surface area (Å²) in [7, 11) is 0. The Labute approximate surface area is 183 Å². The summed E-state index contributed by atoms with van der Waals surface area (Å²) in [6.07, 6.45) is 0. The molecule has 2 aromatic heterocycles. The third kappa shape index (κ3) is 4.99. The van der Waals surface area contributed by atoms with Crippen LogP contribution >= 0.6 is 0 Å². The minimum atomic E-state index is -1.31. The summed E-state index contributed by atoms with van der Waals surface area (Å²) in [5.74, 6) is -4.93. The smallest absolute Gasteiger partial charge is 0.591 e. The van der Waals surface area contributed by atoms with Crippen LogP contribution in [0.2, 0.25) is 0 Å². The summed E-state index contributed by atoms with van der Waals surface area (Å²) in [6.45, 7) is 1.10. The van der Waals surface area contributed by atoms with E-state index in [1.807, 2.05) is 0 Å². The molecule has 0 saturated heterocycles. The van der Waals surface area contributed by atoms with Gasteiger partial charge in [-0.3, -0.25) is 18.7 Å². The second-order valence-electron chi connectivity index (χ2n) is 5.77. The van der Waals surface area contributed by atoms with Gasteiger partial charge in [-0.15, -0.1) is 6.07 Å². The van der Waals surface area contributed by atoms with Crippen molar-refractivity contribution in [3.63, 3.8) is 0 Å². The number of carboxylic acid groups (broad SMARTS) is 1. The normalized spacial score (nSPS) is 10.1. The second-order valence-corrected chi connectivity index (χ2v) is 5.77. The van der Waals surface area contributed by atoms with Crippen molar-refractivity contribution in [1.29, 1.82) is 0 Å². The molecule has 0 spiro atoms. The van der Waals surface area contributed by atoms with Gasteiger partial charge in [-0.05, 0) is 19.1 Å². The van der Waals surface area contributed by atoms with E-state index in [0.29, 0.717) is 6.07 Å². The number of nitrogens with zero attached hydrogens (tertiary/aromatic N) is 3. The van der Waals surface area contributed by atoms with E-state index in [1.165, 1.54) is 36.4 Å². The van der Waals surface area contributed by atoms with Crippen molar-refractivity contribution in [2.75, 3.05) is 0 Å². The van der Waals surface area contributed by atoms with Gasteiger partial charge in [-0.25, -0.2) is 4.79 Å². The van der Waals surface area contributed by atoms with E-state index >= 15 is 0 Å². The van der Waals surface area contributed by atoms with Gasteiger partial charge < -0.3 is 20.0 Å². The quantitative estimate of drug-likeness (QED) is 0.465. The molecule has 1 aromatic carbocycles. The molecule has 0 atom stereocenters. The summed E-state index contributed by atoms with van der Waals surface area (Å²) in [5.41, 5.74) is -1.18. The summed E-state index contributed by atoms with van der Waals surface area (Å²) in [6, 6.07) is 11.1. The van der Waals surface area contributed by atoms with Crippen LogP contribution in [0, 0.1) is 17.7 Å². The molecule has 0 radical (unpaired) electrons. The molecule has 2 amide bonds. The molecule has 10 heteroatoms. The molecule has 1 N–H and O–H groups in total. The number of aromatic nitrogens is 2. The van der Waals surface area contributed by atoms with Gasteiger partial charge in [0.15, 0.2) is 0 Å². The number of imide groups is 1. The van der Waals surface area contributed by atoms with Gasteiger partial charge in [0, 0.05) is 11.4 Å². The summed E-state index contributed by atoms with van der Waals surface area (Å²) in [4.78, 5) is 41.7. The second kappa shape index (κ2) is 9.45. The van der Waals surface area contributed by atoms with Gasteiger partial charge in [-0.2, -0.15) is 0 Å². The average molecular weight is 590 g/mol. The summed E-state index contributed by atoms with van der Waals surface area (Å²) < 4.78 is 28.7. The maximum absolute atomic E-state index is 14.4. The number of benzene rings is 1. The molecule has 7 nitrogen and oxygen atoms in total. The van der Waals surface area contributed by atoms with Gasteiger partial charge in [0.2, 0.25) is 0 Å². The number of carbonyl (C=O) groups excluding carboxylic acids is 2. The molecule has 0 unspecified atom stereocenters. The Balaban J connectivity index is 0.00000320. The number of rotatable bonds is 4. The average Bonchev–Trinajstić information content (AvgIpc) is 2.67. The third-order valence-electron chi connectivity index (χ3n) is 3.69. The van der Waals surface area contributed by atoms with Crippen molar-refractivity contribution < 1.29 is 49.3 Å². The van der Waals surface area contributed by atoms with Crippen LogP contribution in [-0.2, 0) is 25.9 Å². The summed E-state index contributed by atoms with van der Waals surface area (Å²) >= 11 is 0. The fourth-order valence-corrected chi connectivity index (χ4v) is 2.46. The number of hydrogen-bond acceptors (Lipinski definition) is 5. The molecule has 0 saturated carbocycles. The van der Waals surface area contributed by atoms with Crippen molar-refractivity contribution >= 4 is 17.8 Å². The Morgan fingerprint density at radius 2 is 1.43 bits per heavy atom. The van der Waals surface area contributed by atoms with E-state index < -0.39 is 29.4 Å². The van der Waals surface area contributed by atoms with Crippen molar-refractivity contribution in [2.45, 2.75) is 6.92 Å². The first-order chi connectivity index (χ1) is 13.8. The molecular formula is C20H11F2N3O4Pt. The topological polar surface area (TPSA) is 111 Å². The zero-order valence-electron chi connectivity index (χ0n) is 15.1. The first-order valence-electron chi connectivity index (χ1n) is 8.12. The zero-order chi connectivity index (χ0) is 21.1. The third-order valence-corrected chi connectivity index (χ3v) is 3.69. The first-order valence-corrected chi connectivity index (χ1v) is 8.12. The molecule has 0 aliphatic rings. The molecule has 154 valence electrons. The fraction of sp³-hybridized carbons (Fsp3) is 0.0500. The van der Waals surface area contributed by atoms with Crippen molar-refractivity contribution in [2.24, 2.45) is 0 Å². The van der Waals surface area contributed by atoms with Gasteiger partial charge >= 0.3 is 27.0 Å². The molecule has 0 aliphatic heterocycles. The first kappa shape index (κ1) is 23.0. The number of pyridine rings is 2.